The molecule has 0 bridgehead atoms. The number of aryl methyl sites for hydroxylation is 1. The molecule has 8 nitrogen and oxygen atoms in total. The Labute approximate surface area is 173 Å². The predicted octanol–water partition coefficient (Wildman–Crippen LogP) is 2.90. The molecule has 154 valence electrons. The molecule has 1 N–H and O–H groups in total. The molecule has 30 heavy (non-hydrogen) atoms. The summed E-state index contributed by atoms with van der Waals surface area (Å²) < 4.78 is 34.3. The lowest BCUT2D eigenvalue weighted by Crippen LogP contribution is -2.39. The van der Waals surface area contributed by atoms with Crippen LogP contribution in [-0.2, 0) is 21.4 Å². The summed E-state index contributed by atoms with van der Waals surface area (Å²) in [6, 6.07) is 17.1. The summed E-state index contributed by atoms with van der Waals surface area (Å²) in [5.74, 6) is -0.0630. The number of imidazole rings is 1. The zero-order valence-corrected chi connectivity index (χ0v) is 17.0. The van der Waals surface area contributed by atoms with Gasteiger partial charge in [-0.05, 0) is 43.3 Å². The van der Waals surface area contributed by atoms with Crippen LogP contribution in [0.4, 0.5) is 0 Å². The standard InChI is InChI=1S/C21H20N4O4S/c1-16-8-10-18(11-9-16)30(27,28)24(13-17-5-4-12-29-17)14-21(26)23-25-15-22-19-6-2-3-7-20(19)25/h2-12,15H,13-14H2,1H3,(H,23,26). The van der Waals surface area contributed by atoms with Crippen molar-refractivity contribution in [3.8, 4) is 0 Å². The van der Waals surface area contributed by atoms with Crippen molar-refractivity contribution in [1.82, 2.24) is 14.0 Å². The fraction of sp³-hybridized carbons (Fsp3) is 0.143. The van der Waals surface area contributed by atoms with Crippen molar-refractivity contribution in [2.24, 2.45) is 0 Å². The highest BCUT2D eigenvalue weighted by Crippen LogP contribution is 2.19. The van der Waals surface area contributed by atoms with E-state index < -0.39 is 15.9 Å². The summed E-state index contributed by atoms with van der Waals surface area (Å²) in [5, 5.41) is 0. The van der Waals surface area contributed by atoms with Crippen LogP contribution in [0, 0.1) is 6.92 Å². The molecule has 2 heterocycles. The number of rotatable bonds is 7. The maximum atomic E-state index is 13.2. The number of hydrogen-bond acceptors (Lipinski definition) is 5. The average Bonchev–Trinajstić information content (AvgIpc) is 3.38. The molecule has 4 rings (SSSR count). The molecule has 0 atom stereocenters. The molecule has 4 aromatic rings. The van der Waals surface area contributed by atoms with E-state index in [2.05, 4.69) is 10.4 Å². The minimum Gasteiger partial charge on any atom is -0.468 e. The highest BCUT2D eigenvalue weighted by atomic mass is 32.2. The fourth-order valence-corrected chi connectivity index (χ4v) is 4.40. The monoisotopic (exact) mass is 424 g/mol. The maximum absolute atomic E-state index is 13.2. The van der Waals surface area contributed by atoms with Crippen molar-refractivity contribution in [1.29, 1.82) is 0 Å². The molecule has 0 spiro atoms. The van der Waals surface area contributed by atoms with Gasteiger partial charge in [-0.1, -0.05) is 29.8 Å². The number of hydrogen-bond donors (Lipinski definition) is 1. The van der Waals surface area contributed by atoms with Crippen LogP contribution in [0.15, 0.2) is 82.6 Å². The van der Waals surface area contributed by atoms with Gasteiger partial charge in [0.25, 0.3) is 5.91 Å². The van der Waals surface area contributed by atoms with Crippen LogP contribution in [-0.4, -0.2) is 34.8 Å². The Kier molecular flexibility index (Phi) is 5.39. The molecule has 0 aliphatic heterocycles. The average molecular weight is 424 g/mol. The van der Waals surface area contributed by atoms with Gasteiger partial charge in [0.1, 0.15) is 12.1 Å². The van der Waals surface area contributed by atoms with Crippen molar-refractivity contribution >= 4 is 27.0 Å². The summed E-state index contributed by atoms with van der Waals surface area (Å²) in [4.78, 5) is 17.1. The Morgan fingerprint density at radius 2 is 1.87 bits per heavy atom. The predicted molar refractivity (Wildman–Crippen MR) is 112 cm³/mol. The zero-order chi connectivity index (χ0) is 21.1. The van der Waals surface area contributed by atoms with E-state index in [9.17, 15) is 13.2 Å². The molecule has 2 aromatic carbocycles. The molecule has 9 heteroatoms. The second-order valence-corrected chi connectivity index (χ2v) is 8.74. The number of carbonyl (C=O) groups is 1. The van der Waals surface area contributed by atoms with Crippen molar-refractivity contribution in [2.45, 2.75) is 18.4 Å². The molecule has 0 radical (unpaired) electrons. The van der Waals surface area contributed by atoms with E-state index in [4.69, 9.17) is 4.42 Å². The third-order valence-corrected chi connectivity index (χ3v) is 6.40. The van der Waals surface area contributed by atoms with Gasteiger partial charge in [-0.25, -0.2) is 18.1 Å². The van der Waals surface area contributed by atoms with Crippen molar-refractivity contribution < 1.29 is 17.6 Å². The van der Waals surface area contributed by atoms with Gasteiger partial charge in [0.2, 0.25) is 10.0 Å². The fourth-order valence-electron chi connectivity index (χ4n) is 3.04. The third-order valence-electron chi connectivity index (χ3n) is 4.59. The van der Waals surface area contributed by atoms with E-state index in [1.165, 1.54) is 29.4 Å². The maximum Gasteiger partial charge on any atom is 0.254 e. The number of nitrogens with one attached hydrogen (secondary N) is 1. The minimum absolute atomic E-state index is 0.0681. The Morgan fingerprint density at radius 3 is 2.60 bits per heavy atom. The molecule has 0 saturated carbocycles. The number of benzene rings is 2. The molecule has 0 aliphatic rings. The molecule has 1 amide bonds. The summed E-state index contributed by atoms with van der Waals surface area (Å²) in [5.41, 5.74) is 5.06. The van der Waals surface area contributed by atoms with Gasteiger partial charge in [0, 0.05) is 0 Å². The van der Waals surface area contributed by atoms with Crippen LogP contribution in [0.2, 0.25) is 0 Å². The summed E-state index contributed by atoms with van der Waals surface area (Å²) in [6.45, 7) is 1.42. The quantitative estimate of drug-likeness (QED) is 0.492. The van der Waals surface area contributed by atoms with Crippen LogP contribution in [0.1, 0.15) is 11.3 Å². The first-order valence-electron chi connectivity index (χ1n) is 9.24. The van der Waals surface area contributed by atoms with E-state index >= 15 is 0 Å². The second-order valence-electron chi connectivity index (χ2n) is 6.80. The molecular weight excluding hydrogens is 404 g/mol. The number of sulfonamides is 1. The van der Waals surface area contributed by atoms with Gasteiger partial charge < -0.3 is 4.42 Å². The smallest absolute Gasteiger partial charge is 0.254 e. The molecule has 2 aromatic heterocycles. The topological polar surface area (TPSA) is 97.4 Å². The second kappa shape index (κ2) is 8.13. The van der Waals surface area contributed by atoms with Gasteiger partial charge in [-0.3, -0.25) is 10.2 Å². The summed E-state index contributed by atoms with van der Waals surface area (Å²) >= 11 is 0. The van der Waals surface area contributed by atoms with Crippen molar-refractivity contribution in [3.05, 3.63) is 84.6 Å². The van der Waals surface area contributed by atoms with Crippen LogP contribution in [0.25, 0.3) is 11.0 Å². The molecular formula is C21H20N4O4S. The van der Waals surface area contributed by atoms with Gasteiger partial charge in [0.05, 0.1) is 35.3 Å². The Hall–Kier alpha value is -3.43. The van der Waals surface area contributed by atoms with Crippen LogP contribution in [0.5, 0.6) is 0 Å². The number of nitrogens with zero attached hydrogens (tertiary/aromatic N) is 3. The van der Waals surface area contributed by atoms with E-state index in [1.54, 1.807) is 24.3 Å². The van der Waals surface area contributed by atoms with Crippen LogP contribution in [0.3, 0.4) is 0 Å². The number of furan rings is 1. The zero-order valence-electron chi connectivity index (χ0n) is 16.2. The highest BCUT2D eigenvalue weighted by Gasteiger charge is 2.28. The van der Waals surface area contributed by atoms with Crippen molar-refractivity contribution in [2.75, 3.05) is 12.0 Å². The van der Waals surface area contributed by atoms with E-state index in [0.29, 0.717) is 11.3 Å². The Morgan fingerprint density at radius 1 is 1.10 bits per heavy atom. The molecule has 0 unspecified atom stereocenters. The van der Waals surface area contributed by atoms with Gasteiger partial charge in [0.15, 0.2) is 0 Å². The van der Waals surface area contributed by atoms with Gasteiger partial charge >= 0.3 is 0 Å². The lowest BCUT2D eigenvalue weighted by Gasteiger charge is -2.21. The first kappa shape index (κ1) is 19.9. The Balaban J connectivity index is 1.59. The Bertz CT molecular complexity index is 1260. The highest BCUT2D eigenvalue weighted by molar-refractivity contribution is 7.89. The van der Waals surface area contributed by atoms with E-state index in [-0.39, 0.29) is 18.0 Å². The number of aromatic nitrogens is 2. The van der Waals surface area contributed by atoms with Crippen LogP contribution >= 0.6 is 0 Å². The number of fused-ring (bicyclic) bond motifs is 1. The number of carbonyl (C=O) groups excluding carboxylic acids is 1. The number of amides is 1. The lowest BCUT2D eigenvalue weighted by atomic mass is 10.2. The first-order chi connectivity index (χ1) is 14.4. The first-order valence-corrected chi connectivity index (χ1v) is 10.7. The molecule has 0 saturated heterocycles. The lowest BCUT2D eigenvalue weighted by molar-refractivity contribution is -0.117. The number of para-hydroxylation sites is 2. The van der Waals surface area contributed by atoms with E-state index in [1.807, 2.05) is 31.2 Å². The van der Waals surface area contributed by atoms with Crippen LogP contribution < -0.4 is 5.43 Å². The largest absolute Gasteiger partial charge is 0.468 e. The van der Waals surface area contributed by atoms with Gasteiger partial charge in [-0.15, -0.1) is 0 Å². The third kappa shape index (κ3) is 4.12. The minimum atomic E-state index is -3.92. The summed E-state index contributed by atoms with van der Waals surface area (Å²) in [6.07, 6.45) is 2.94. The SMILES string of the molecule is Cc1ccc(S(=O)(=O)N(CC(=O)Nn2cnc3ccccc32)Cc2ccco2)cc1. The molecule has 0 aliphatic carbocycles. The summed E-state index contributed by atoms with van der Waals surface area (Å²) in [7, 11) is -3.92. The van der Waals surface area contributed by atoms with Crippen molar-refractivity contribution in [3.63, 3.8) is 0 Å². The van der Waals surface area contributed by atoms with Gasteiger partial charge in [-0.2, -0.15) is 4.31 Å². The van der Waals surface area contributed by atoms with E-state index in [0.717, 1.165) is 15.4 Å². The molecule has 0 fully saturated rings. The normalized spacial score (nSPS) is 11.8.